The molecule has 0 bridgehead atoms. The van der Waals surface area contributed by atoms with E-state index in [-0.39, 0.29) is 21.9 Å². The number of nitrogens with two attached hydrogens (primary N) is 1. The second-order valence-corrected chi connectivity index (χ2v) is 12.8. The van der Waals surface area contributed by atoms with Crippen molar-refractivity contribution in [2.45, 2.75) is 58.5 Å². The van der Waals surface area contributed by atoms with Crippen LogP contribution in [0.15, 0.2) is 47.6 Å². The molecular formula is C28H36N6O4S. The van der Waals surface area contributed by atoms with Crippen LogP contribution in [0.2, 0.25) is 0 Å². The van der Waals surface area contributed by atoms with Crippen molar-refractivity contribution < 1.29 is 17.9 Å². The first-order chi connectivity index (χ1) is 18.3. The molecule has 1 atom stereocenters. The first-order valence-electron chi connectivity index (χ1n) is 12.9. The predicted octanol–water partition coefficient (Wildman–Crippen LogP) is 4.21. The number of ether oxygens (including phenoxy) is 1. The van der Waals surface area contributed by atoms with Crippen LogP contribution in [0.3, 0.4) is 0 Å². The smallest absolute Gasteiger partial charge is 0.281 e. The Morgan fingerprint density at radius 3 is 2.59 bits per heavy atom. The Kier molecular flexibility index (Phi) is 7.83. The number of nitrogens with zero attached hydrogens (tertiary/aromatic N) is 4. The van der Waals surface area contributed by atoms with E-state index in [0.29, 0.717) is 42.4 Å². The molecule has 1 amide bonds. The van der Waals surface area contributed by atoms with Crippen molar-refractivity contribution in [3.8, 4) is 17.1 Å². The van der Waals surface area contributed by atoms with Gasteiger partial charge in [-0.2, -0.15) is 8.42 Å². The normalized spacial score (nSPS) is 16.9. The molecule has 1 fully saturated rings. The highest BCUT2D eigenvalue weighted by atomic mass is 32.2. The van der Waals surface area contributed by atoms with Gasteiger partial charge < -0.3 is 15.4 Å². The molecule has 39 heavy (non-hydrogen) atoms. The Bertz CT molecular complexity index is 1490. The first kappa shape index (κ1) is 28.3. The molecule has 1 saturated heterocycles. The molecule has 0 saturated carbocycles. The Balaban J connectivity index is 1.73. The average Bonchev–Trinajstić information content (AvgIpc) is 3.14. The van der Waals surface area contributed by atoms with E-state index >= 15 is 0 Å². The molecule has 0 spiro atoms. The summed E-state index contributed by atoms with van der Waals surface area (Å²) < 4.78 is 33.8. The third-order valence-corrected chi connectivity index (χ3v) is 7.81. The van der Waals surface area contributed by atoms with Gasteiger partial charge in [-0.25, -0.2) is 19.7 Å². The monoisotopic (exact) mass is 552 g/mol. The van der Waals surface area contributed by atoms with Gasteiger partial charge in [0, 0.05) is 29.4 Å². The van der Waals surface area contributed by atoms with Crippen molar-refractivity contribution in [3.05, 3.63) is 53.7 Å². The minimum absolute atomic E-state index is 0.0364. The number of nitrogen functional groups attached to an aromatic ring is 1. The lowest BCUT2D eigenvalue weighted by atomic mass is 9.97. The van der Waals surface area contributed by atoms with Crippen LogP contribution in [0.4, 0.5) is 11.6 Å². The van der Waals surface area contributed by atoms with Crippen LogP contribution in [0.1, 0.15) is 57.0 Å². The van der Waals surface area contributed by atoms with Gasteiger partial charge in [0.05, 0.1) is 17.9 Å². The number of aryl methyl sites for hydroxylation is 1. The highest BCUT2D eigenvalue weighted by Crippen LogP contribution is 2.38. The summed E-state index contributed by atoms with van der Waals surface area (Å²) in [6, 6.07) is 9.46. The molecule has 0 unspecified atom stereocenters. The summed E-state index contributed by atoms with van der Waals surface area (Å²) in [4.78, 5) is 28.7. The molecule has 3 aromatic rings. The summed E-state index contributed by atoms with van der Waals surface area (Å²) in [5.74, 6) is 0.956. The van der Waals surface area contributed by atoms with E-state index in [9.17, 15) is 13.2 Å². The lowest BCUT2D eigenvalue weighted by molar-refractivity contribution is 0.0981. The fraction of sp³-hybridized carbons (Fsp3) is 0.429. The van der Waals surface area contributed by atoms with Crippen LogP contribution < -0.4 is 20.1 Å². The van der Waals surface area contributed by atoms with Crippen LogP contribution in [0.5, 0.6) is 5.88 Å². The molecule has 208 valence electrons. The lowest BCUT2D eigenvalue weighted by Gasteiger charge is -2.34. The van der Waals surface area contributed by atoms with Gasteiger partial charge >= 0.3 is 0 Å². The fourth-order valence-corrected chi connectivity index (χ4v) is 5.80. The largest absolute Gasteiger partial charge is 0.477 e. The number of rotatable bonds is 8. The highest BCUT2D eigenvalue weighted by molar-refractivity contribution is 7.90. The topological polar surface area (TPSA) is 140 Å². The van der Waals surface area contributed by atoms with Gasteiger partial charge in [0.1, 0.15) is 11.6 Å². The Hall–Kier alpha value is -3.73. The number of sulfonamides is 1. The van der Waals surface area contributed by atoms with Gasteiger partial charge in [-0.3, -0.25) is 4.79 Å². The zero-order valence-electron chi connectivity index (χ0n) is 23.2. The minimum Gasteiger partial charge on any atom is -0.477 e. The summed E-state index contributed by atoms with van der Waals surface area (Å²) in [5.41, 5.74) is 7.75. The number of pyridine rings is 3. The third kappa shape index (κ3) is 6.30. The lowest BCUT2D eigenvalue weighted by Crippen LogP contribution is -2.41. The van der Waals surface area contributed by atoms with Gasteiger partial charge in [0.2, 0.25) is 5.88 Å². The Morgan fingerprint density at radius 1 is 1.23 bits per heavy atom. The predicted molar refractivity (Wildman–Crippen MR) is 151 cm³/mol. The summed E-state index contributed by atoms with van der Waals surface area (Å²) >= 11 is 0. The van der Waals surface area contributed by atoms with Crippen molar-refractivity contribution in [1.82, 2.24) is 19.7 Å². The molecule has 0 aromatic carbocycles. The first-order valence-corrected chi connectivity index (χ1v) is 14.4. The van der Waals surface area contributed by atoms with Crippen LogP contribution in [-0.2, 0) is 10.0 Å². The zero-order chi connectivity index (χ0) is 28.5. The number of hydrogen-bond donors (Lipinski definition) is 2. The molecule has 1 aliphatic heterocycles. The maximum atomic E-state index is 13.4. The van der Waals surface area contributed by atoms with Gasteiger partial charge in [-0.15, -0.1) is 0 Å². The second-order valence-electron chi connectivity index (χ2n) is 11.2. The third-order valence-electron chi connectivity index (χ3n) is 6.58. The van der Waals surface area contributed by atoms with Gasteiger partial charge in [0.25, 0.3) is 15.9 Å². The van der Waals surface area contributed by atoms with Crippen molar-refractivity contribution in [2.24, 2.45) is 11.8 Å². The van der Waals surface area contributed by atoms with Crippen LogP contribution in [0.25, 0.3) is 11.3 Å². The quantitative estimate of drug-likeness (QED) is 0.420. The van der Waals surface area contributed by atoms with E-state index in [0.717, 1.165) is 17.5 Å². The van der Waals surface area contributed by atoms with Crippen molar-refractivity contribution in [1.29, 1.82) is 0 Å². The number of nitrogens with one attached hydrogen (secondary N) is 1. The number of carbonyl (C=O) groups is 1. The summed E-state index contributed by atoms with van der Waals surface area (Å²) in [5, 5.41) is -0.335. The van der Waals surface area contributed by atoms with E-state index in [1.807, 2.05) is 13.0 Å². The van der Waals surface area contributed by atoms with E-state index in [1.165, 1.54) is 18.2 Å². The summed E-state index contributed by atoms with van der Waals surface area (Å²) in [6.07, 6.45) is 2.59. The number of amides is 1. The van der Waals surface area contributed by atoms with E-state index < -0.39 is 15.9 Å². The zero-order valence-corrected chi connectivity index (χ0v) is 24.0. The van der Waals surface area contributed by atoms with Crippen LogP contribution in [0, 0.1) is 18.8 Å². The van der Waals surface area contributed by atoms with Crippen molar-refractivity contribution in [2.75, 3.05) is 23.8 Å². The molecule has 11 heteroatoms. The maximum absolute atomic E-state index is 13.4. The van der Waals surface area contributed by atoms with Crippen LogP contribution in [-0.4, -0.2) is 48.0 Å². The average molecular weight is 553 g/mol. The molecule has 4 rings (SSSR count). The van der Waals surface area contributed by atoms with Crippen molar-refractivity contribution in [3.63, 3.8) is 0 Å². The molecule has 3 aromatic heterocycles. The summed E-state index contributed by atoms with van der Waals surface area (Å²) in [7, 11) is -4.26. The van der Waals surface area contributed by atoms with E-state index in [4.69, 9.17) is 15.5 Å². The molecule has 3 N–H and O–H groups in total. The van der Waals surface area contributed by atoms with Crippen molar-refractivity contribution >= 4 is 27.6 Å². The summed E-state index contributed by atoms with van der Waals surface area (Å²) in [6.45, 7) is 13.6. The van der Waals surface area contributed by atoms with E-state index in [2.05, 4.69) is 54.2 Å². The number of hydrogen-bond acceptors (Lipinski definition) is 9. The number of anilines is 2. The SMILES string of the molecule is Cc1cc(-c2ccc(C(=O)NS(=O)(=O)c3cccc(N)n3)c(N3C[C@@H](C)CC3(C)C)n2)cnc1OCC(C)C. The number of carbonyl (C=O) groups excluding carboxylic acids is 1. The fourth-order valence-electron chi connectivity index (χ4n) is 4.86. The molecule has 4 heterocycles. The Labute approximate surface area is 230 Å². The molecule has 0 aliphatic carbocycles. The maximum Gasteiger partial charge on any atom is 0.281 e. The molecule has 1 aliphatic rings. The molecule has 0 radical (unpaired) electrons. The van der Waals surface area contributed by atoms with Crippen LogP contribution >= 0.6 is 0 Å². The number of aromatic nitrogens is 3. The van der Waals surface area contributed by atoms with Gasteiger partial charge in [0.15, 0.2) is 5.03 Å². The highest BCUT2D eigenvalue weighted by Gasteiger charge is 2.39. The molecule has 10 nitrogen and oxygen atoms in total. The van der Waals surface area contributed by atoms with Gasteiger partial charge in [-0.1, -0.05) is 26.8 Å². The van der Waals surface area contributed by atoms with E-state index in [1.54, 1.807) is 18.3 Å². The second kappa shape index (κ2) is 10.8. The van der Waals surface area contributed by atoms with Gasteiger partial charge in [-0.05, 0) is 69.4 Å². The standard InChI is InChI=1S/C28H36N6O4S/c1-17(2)16-38-27-19(4)12-20(14-30-27)22-11-10-21(25(31-22)34-15-18(3)13-28(34,5)6)26(35)33-39(36,37)24-9-7-8-23(29)32-24/h7-12,14,17-18H,13,15-16H2,1-6H3,(H2,29,32)(H,33,35)/t18-/m0/s1. The molecular weight excluding hydrogens is 516 g/mol. The Morgan fingerprint density at radius 2 is 1.97 bits per heavy atom. The minimum atomic E-state index is -4.26.